The lowest BCUT2D eigenvalue weighted by molar-refractivity contribution is 0.0603. The molecule has 37 heavy (non-hydrogen) atoms. The summed E-state index contributed by atoms with van der Waals surface area (Å²) in [5.74, 6) is -1.33. The molecule has 0 radical (unpaired) electrons. The van der Waals surface area contributed by atoms with Crippen molar-refractivity contribution in [2.75, 3.05) is 12.4 Å². The highest BCUT2D eigenvalue weighted by Crippen LogP contribution is 2.37. The summed E-state index contributed by atoms with van der Waals surface area (Å²) < 4.78 is 18.5. The summed E-state index contributed by atoms with van der Waals surface area (Å²) >= 11 is 1.21. The zero-order valence-electron chi connectivity index (χ0n) is 20.5. The first kappa shape index (κ1) is 24.3. The van der Waals surface area contributed by atoms with Crippen molar-refractivity contribution in [3.8, 4) is 22.4 Å². The molecule has 1 amide bonds. The molecule has 0 aliphatic carbocycles. The van der Waals surface area contributed by atoms with Gasteiger partial charge in [-0.15, -0.1) is 11.3 Å². The lowest BCUT2D eigenvalue weighted by Gasteiger charge is -2.15. The van der Waals surface area contributed by atoms with Gasteiger partial charge in [0, 0.05) is 21.9 Å². The van der Waals surface area contributed by atoms with Crippen molar-refractivity contribution < 1.29 is 18.7 Å². The number of carbonyl (C=O) groups is 2. The number of anilines is 1. The van der Waals surface area contributed by atoms with Gasteiger partial charge in [-0.3, -0.25) is 4.79 Å². The van der Waals surface area contributed by atoms with Gasteiger partial charge in [0.05, 0.1) is 23.9 Å². The average molecular weight is 511 g/mol. The Labute approximate surface area is 217 Å². The van der Waals surface area contributed by atoms with E-state index in [4.69, 9.17) is 9.72 Å². The van der Waals surface area contributed by atoms with Crippen LogP contribution in [0, 0.1) is 19.7 Å². The largest absolute Gasteiger partial charge is 0.465 e. The van der Waals surface area contributed by atoms with Crippen LogP contribution < -0.4 is 5.32 Å². The molecule has 0 aliphatic heterocycles. The lowest BCUT2D eigenvalue weighted by Crippen LogP contribution is -2.17. The second-order valence-electron chi connectivity index (χ2n) is 8.65. The standard InChI is InChI=1S/C30H23FN2O3S/c1-17-8-10-20(11-9-17)27-18(2)25(22-6-4-5-7-24(22)32-27)28(34)33-29-26(30(35)36-3)23(16-37-29)19-12-14-21(31)15-13-19/h4-16H,1-3H3,(H,33,34). The maximum absolute atomic E-state index is 13.8. The summed E-state index contributed by atoms with van der Waals surface area (Å²) in [4.78, 5) is 31.4. The maximum atomic E-state index is 13.8. The summed E-state index contributed by atoms with van der Waals surface area (Å²) in [6.45, 7) is 3.90. The number of pyridine rings is 1. The lowest BCUT2D eigenvalue weighted by atomic mass is 9.96. The predicted molar refractivity (Wildman–Crippen MR) is 146 cm³/mol. The van der Waals surface area contributed by atoms with Crippen molar-refractivity contribution in [2.45, 2.75) is 13.8 Å². The van der Waals surface area contributed by atoms with E-state index in [0.29, 0.717) is 32.6 Å². The van der Waals surface area contributed by atoms with E-state index < -0.39 is 5.97 Å². The van der Waals surface area contributed by atoms with Crippen molar-refractivity contribution in [2.24, 2.45) is 0 Å². The number of hydrogen-bond donors (Lipinski definition) is 1. The number of methoxy groups -OCH3 is 1. The molecule has 5 rings (SSSR count). The molecule has 0 unspecified atom stereocenters. The number of rotatable bonds is 5. The van der Waals surface area contributed by atoms with Crippen LogP contribution in [0.4, 0.5) is 9.39 Å². The molecule has 0 saturated heterocycles. The van der Waals surface area contributed by atoms with Crippen LogP contribution in [0.25, 0.3) is 33.3 Å². The monoisotopic (exact) mass is 510 g/mol. The number of aromatic nitrogens is 1. The molecule has 0 saturated carbocycles. The molecular formula is C30H23FN2O3S. The third kappa shape index (κ3) is 4.61. The highest BCUT2D eigenvalue weighted by molar-refractivity contribution is 7.15. The smallest absolute Gasteiger partial charge is 0.341 e. The van der Waals surface area contributed by atoms with Crippen molar-refractivity contribution in [1.29, 1.82) is 0 Å². The van der Waals surface area contributed by atoms with Gasteiger partial charge < -0.3 is 10.1 Å². The zero-order valence-corrected chi connectivity index (χ0v) is 21.3. The van der Waals surface area contributed by atoms with E-state index >= 15 is 0 Å². The van der Waals surface area contributed by atoms with Crippen molar-refractivity contribution in [3.63, 3.8) is 0 Å². The molecule has 0 aliphatic rings. The first-order valence-corrected chi connectivity index (χ1v) is 12.5. The number of nitrogens with one attached hydrogen (secondary N) is 1. The number of halogens is 1. The van der Waals surface area contributed by atoms with Gasteiger partial charge in [-0.2, -0.15) is 0 Å². The van der Waals surface area contributed by atoms with Crippen LogP contribution in [0.1, 0.15) is 31.8 Å². The molecule has 7 heteroatoms. The number of nitrogens with zero attached hydrogens (tertiary/aromatic N) is 1. The number of carbonyl (C=O) groups excluding carboxylic acids is 2. The van der Waals surface area contributed by atoms with Gasteiger partial charge in [0.15, 0.2) is 0 Å². The van der Waals surface area contributed by atoms with Crippen LogP contribution >= 0.6 is 11.3 Å². The van der Waals surface area contributed by atoms with Crippen LogP contribution in [-0.2, 0) is 4.74 Å². The summed E-state index contributed by atoms with van der Waals surface area (Å²) in [7, 11) is 1.29. The molecule has 0 atom stereocenters. The number of fused-ring (bicyclic) bond motifs is 1. The molecule has 0 fully saturated rings. The fourth-order valence-electron chi connectivity index (χ4n) is 4.35. The van der Waals surface area contributed by atoms with Crippen LogP contribution in [0.5, 0.6) is 0 Å². The Morgan fingerprint density at radius 3 is 2.27 bits per heavy atom. The first-order chi connectivity index (χ1) is 17.9. The average Bonchev–Trinajstić information content (AvgIpc) is 3.32. The number of amides is 1. The van der Waals surface area contributed by atoms with Gasteiger partial charge in [-0.05, 0) is 43.2 Å². The SMILES string of the molecule is COC(=O)c1c(-c2ccc(F)cc2)csc1NC(=O)c1c(C)c(-c2ccc(C)cc2)nc2ccccc12. The van der Waals surface area contributed by atoms with Crippen LogP contribution in [0.2, 0.25) is 0 Å². The van der Waals surface area contributed by atoms with E-state index in [1.807, 2.05) is 62.4 Å². The number of hydrogen-bond acceptors (Lipinski definition) is 5. The van der Waals surface area contributed by atoms with Crippen LogP contribution in [0.3, 0.4) is 0 Å². The first-order valence-electron chi connectivity index (χ1n) is 11.6. The third-order valence-corrected chi connectivity index (χ3v) is 7.15. The van der Waals surface area contributed by atoms with E-state index in [9.17, 15) is 14.0 Å². The molecule has 3 aromatic carbocycles. The van der Waals surface area contributed by atoms with Crippen molar-refractivity contribution >= 4 is 39.1 Å². The molecule has 1 N–H and O–H groups in total. The van der Waals surface area contributed by atoms with Crippen molar-refractivity contribution in [3.05, 3.63) is 106 Å². The molecule has 5 aromatic rings. The Morgan fingerprint density at radius 2 is 1.57 bits per heavy atom. The van der Waals surface area contributed by atoms with Crippen molar-refractivity contribution in [1.82, 2.24) is 4.98 Å². The van der Waals surface area contributed by atoms with E-state index in [1.54, 1.807) is 17.5 Å². The summed E-state index contributed by atoms with van der Waals surface area (Å²) in [5.41, 5.74) is 6.09. The molecular weight excluding hydrogens is 487 g/mol. The number of benzene rings is 3. The highest BCUT2D eigenvalue weighted by atomic mass is 32.1. The molecule has 0 spiro atoms. The van der Waals surface area contributed by atoms with Gasteiger partial charge >= 0.3 is 5.97 Å². The quantitative estimate of drug-likeness (QED) is 0.250. The van der Waals surface area contributed by atoms with E-state index in [0.717, 1.165) is 22.4 Å². The maximum Gasteiger partial charge on any atom is 0.341 e. The number of thiophene rings is 1. The van der Waals surface area contributed by atoms with Gasteiger partial charge in [-0.25, -0.2) is 14.2 Å². The Balaban J connectivity index is 1.62. The van der Waals surface area contributed by atoms with Gasteiger partial charge in [0.2, 0.25) is 0 Å². The number of esters is 1. The van der Waals surface area contributed by atoms with Gasteiger partial charge in [0.1, 0.15) is 16.4 Å². The second-order valence-corrected chi connectivity index (χ2v) is 9.53. The molecule has 5 nitrogen and oxygen atoms in total. The normalized spacial score (nSPS) is 10.9. The van der Waals surface area contributed by atoms with Gasteiger partial charge in [-0.1, -0.05) is 60.2 Å². The summed E-state index contributed by atoms with van der Waals surface area (Å²) in [6.07, 6.45) is 0. The molecule has 184 valence electrons. The minimum atomic E-state index is -0.590. The zero-order chi connectivity index (χ0) is 26.1. The topological polar surface area (TPSA) is 68.3 Å². The predicted octanol–water partition coefficient (Wildman–Crippen LogP) is 7.43. The van der Waals surface area contributed by atoms with E-state index in [2.05, 4.69) is 5.32 Å². The number of ether oxygens (including phenoxy) is 1. The van der Waals surface area contributed by atoms with E-state index in [-0.39, 0.29) is 17.3 Å². The fraction of sp³-hybridized carbons (Fsp3) is 0.100. The van der Waals surface area contributed by atoms with Gasteiger partial charge in [0.25, 0.3) is 5.91 Å². The Kier molecular flexibility index (Phi) is 6.54. The highest BCUT2D eigenvalue weighted by Gasteiger charge is 2.25. The Morgan fingerprint density at radius 1 is 0.892 bits per heavy atom. The third-order valence-electron chi connectivity index (χ3n) is 6.25. The molecule has 2 aromatic heterocycles. The Hall–Kier alpha value is -4.36. The second kappa shape index (κ2) is 9.95. The summed E-state index contributed by atoms with van der Waals surface area (Å²) in [5, 5.41) is 5.76. The molecule has 0 bridgehead atoms. The van der Waals surface area contributed by atoms with E-state index in [1.165, 1.54) is 30.6 Å². The summed E-state index contributed by atoms with van der Waals surface area (Å²) in [6, 6.07) is 21.3. The number of aryl methyl sites for hydroxylation is 1. The Bertz CT molecular complexity index is 1640. The van der Waals surface area contributed by atoms with Crippen LogP contribution in [0.15, 0.2) is 78.2 Å². The fourth-order valence-corrected chi connectivity index (χ4v) is 5.31. The minimum absolute atomic E-state index is 0.224. The minimum Gasteiger partial charge on any atom is -0.465 e. The molecule has 2 heterocycles. The number of para-hydroxylation sites is 1. The van der Waals surface area contributed by atoms with Crippen LogP contribution in [-0.4, -0.2) is 24.0 Å².